The standard InChI is InChI=1S/C11H8N4O4/c1-19-11(16)9-5-8(3-2-4-13-14-12)6-10(7-9)15(17)18/h5-7H,4H2,1H3. The van der Waals surface area contributed by atoms with E-state index >= 15 is 0 Å². The number of rotatable bonds is 3. The fourth-order valence-corrected chi connectivity index (χ4v) is 1.23. The molecule has 1 aromatic rings. The highest BCUT2D eigenvalue weighted by Gasteiger charge is 2.13. The van der Waals surface area contributed by atoms with Gasteiger partial charge < -0.3 is 4.74 Å². The Hall–Kier alpha value is -3.04. The molecule has 0 saturated carbocycles. The number of methoxy groups -OCH3 is 1. The van der Waals surface area contributed by atoms with E-state index in [1.165, 1.54) is 19.2 Å². The van der Waals surface area contributed by atoms with Gasteiger partial charge in [0.25, 0.3) is 5.69 Å². The molecule has 0 saturated heterocycles. The van der Waals surface area contributed by atoms with Crippen molar-refractivity contribution >= 4 is 11.7 Å². The molecular weight excluding hydrogens is 252 g/mol. The molecule has 0 aliphatic carbocycles. The predicted molar refractivity (Wildman–Crippen MR) is 65.3 cm³/mol. The number of azide groups is 1. The summed E-state index contributed by atoms with van der Waals surface area (Å²) >= 11 is 0. The van der Waals surface area contributed by atoms with Gasteiger partial charge in [-0.25, -0.2) is 4.79 Å². The van der Waals surface area contributed by atoms with Gasteiger partial charge in [0.15, 0.2) is 0 Å². The molecule has 8 nitrogen and oxygen atoms in total. The SMILES string of the molecule is COC(=O)c1cc(C#CCN=[N+]=[N-])cc([N+](=O)[O-])c1. The molecule has 0 heterocycles. The zero-order valence-corrected chi connectivity index (χ0v) is 9.86. The molecule has 0 aromatic heterocycles. The Morgan fingerprint density at radius 3 is 2.89 bits per heavy atom. The average molecular weight is 260 g/mol. The summed E-state index contributed by atoms with van der Waals surface area (Å²) in [4.78, 5) is 24.0. The molecule has 0 radical (unpaired) electrons. The van der Waals surface area contributed by atoms with Gasteiger partial charge in [-0.3, -0.25) is 10.1 Å². The quantitative estimate of drug-likeness (QED) is 0.157. The first kappa shape index (κ1) is 14.0. The number of hydrogen-bond acceptors (Lipinski definition) is 5. The zero-order chi connectivity index (χ0) is 14.3. The van der Waals surface area contributed by atoms with Crippen molar-refractivity contribution in [2.24, 2.45) is 5.11 Å². The van der Waals surface area contributed by atoms with Crippen LogP contribution in [0.3, 0.4) is 0 Å². The number of nitro groups is 1. The van der Waals surface area contributed by atoms with Crippen molar-refractivity contribution in [3.05, 3.63) is 49.9 Å². The Kier molecular flexibility index (Phi) is 4.90. The largest absolute Gasteiger partial charge is 0.465 e. The summed E-state index contributed by atoms with van der Waals surface area (Å²) in [5.74, 6) is 4.38. The second-order valence-corrected chi connectivity index (χ2v) is 3.21. The lowest BCUT2D eigenvalue weighted by Crippen LogP contribution is -2.03. The van der Waals surface area contributed by atoms with Gasteiger partial charge in [-0.1, -0.05) is 17.0 Å². The van der Waals surface area contributed by atoms with Gasteiger partial charge in [-0.05, 0) is 11.6 Å². The molecule has 0 aliphatic rings. The lowest BCUT2D eigenvalue weighted by Gasteiger charge is -2.00. The van der Waals surface area contributed by atoms with Gasteiger partial charge in [-0.2, -0.15) is 0 Å². The number of esters is 1. The molecule has 0 amide bonds. The van der Waals surface area contributed by atoms with Gasteiger partial charge in [0.2, 0.25) is 0 Å². The first-order valence-corrected chi connectivity index (χ1v) is 4.96. The van der Waals surface area contributed by atoms with Crippen LogP contribution < -0.4 is 0 Å². The molecule has 0 N–H and O–H groups in total. The van der Waals surface area contributed by atoms with E-state index in [-0.39, 0.29) is 23.4 Å². The molecule has 96 valence electrons. The van der Waals surface area contributed by atoms with Crippen molar-refractivity contribution in [3.63, 3.8) is 0 Å². The minimum atomic E-state index is -0.693. The predicted octanol–water partition coefficient (Wildman–Crippen LogP) is 2.04. The number of non-ortho nitro benzene ring substituents is 1. The van der Waals surface area contributed by atoms with E-state index in [0.717, 1.165) is 6.07 Å². The summed E-state index contributed by atoms with van der Waals surface area (Å²) < 4.78 is 4.49. The lowest BCUT2D eigenvalue weighted by molar-refractivity contribution is -0.384. The van der Waals surface area contributed by atoms with Crippen LogP contribution >= 0.6 is 0 Å². The van der Waals surface area contributed by atoms with Crippen molar-refractivity contribution in [3.8, 4) is 11.8 Å². The number of nitro benzene ring substituents is 1. The van der Waals surface area contributed by atoms with E-state index in [1.54, 1.807) is 0 Å². The molecule has 0 unspecified atom stereocenters. The van der Waals surface area contributed by atoms with Crippen molar-refractivity contribution in [1.29, 1.82) is 0 Å². The van der Waals surface area contributed by atoms with E-state index in [4.69, 9.17) is 5.53 Å². The minimum absolute atomic E-state index is 0.0322. The van der Waals surface area contributed by atoms with Gasteiger partial charge in [-0.15, -0.1) is 0 Å². The van der Waals surface area contributed by atoms with E-state index < -0.39 is 10.9 Å². The van der Waals surface area contributed by atoms with Crippen LogP contribution in [0.1, 0.15) is 15.9 Å². The molecule has 0 atom stereocenters. The monoisotopic (exact) mass is 260 g/mol. The second-order valence-electron chi connectivity index (χ2n) is 3.21. The maximum absolute atomic E-state index is 11.4. The fraction of sp³-hybridized carbons (Fsp3) is 0.182. The van der Waals surface area contributed by atoms with Crippen molar-refractivity contribution in [2.75, 3.05) is 13.7 Å². The molecule has 0 aliphatic heterocycles. The Morgan fingerprint density at radius 1 is 1.58 bits per heavy atom. The van der Waals surface area contributed by atoms with Gasteiger partial charge in [0, 0.05) is 22.6 Å². The van der Waals surface area contributed by atoms with Crippen LogP contribution in [-0.2, 0) is 4.74 Å². The summed E-state index contributed by atoms with van der Waals surface area (Å²) in [5.41, 5.74) is 8.10. The van der Waals surface area contributed by atoms with Crippen LogP contribution in [0.4, 0.5) is 5.69 Å². The van der Waals surface area contributed by atoms with E-state index in [9.17, 15) is 14.9 Å². The molecule has 1 rings (SSSR count). The molecule has 0 bridgehead atoms. The highest BCUT2D eigenvalue weighted by Crippen LogP contribution is 2.17. The number of benzene rings is 1. The van der Waals surface area contributed by atoms with Crippen LogP contribution in [0.15, 0.2) is 23.3 Å². The van der Waals surface area contributed by atoms with Gasteiger partial charge in [0.05, 0.1) is 24.1 Å². The highest BCUT2D eigenvalue weighted by molar-refractivity contribution is 5.90. The number of carbonyl (C=O) groups is 1. The molecule has 0 spiro atoms. The highest BCUT2D eigenvalue weighted by atomic mass is 16.6. The molecule has 19 heavy (non-hydrogen) atoms. The molecule has 0 fully saturated rings. The Bertz CT molecular complexity index is 623. The zero-order valence-electron chi connectivity index (χ0n) is 9.86. The van der Waals surface area contributed by atoms with E-state index in [1.807, 2.05) is 0 Å². The normalized spacial score (nSPS) is 8.68. The van der Waals surface area contributed by atoms with Crippen molar-refractivity contribution < 1.29 is 14.5 Å². The van der Waals surface area contributed by atoms with Crippen LogP contribution in [0.5, 0.6) is 0 Å². The first-order chi connectivity index (χ1) is 9.08. The Labute approximate surface area is 107 Å². The van der Waals surface area contributed by atoms with Crippen LogP contribution in [-0.4, -0.2) is 24.5 Å². The topological polar surface area (TPSA) is 118 Å². The summed E-state index contributed by atoms with van der Waals surface area (Å²) in [6.45, 7) is -0.0627. The van der Waals surface area contributed by atoms with Crippen molar-refractivity contribution in [1.82, 2.24) is 0 Å². The number of ether oxygens (including phenoxy) is 1. The van der Waals surface area contributed by atoms with Crippen LogP contribution in [0, 0.1) is 22.0 Å². The maximum atomic E-state index is 11.4. The van der Waals surface area contributed by atoms with E-state index in [2.05, 4.69) is 26.6 Å². The minimum Gasteiger partial charge on any atom is -0.465 e. The summed E-state index contributed by atoms with van der Waals surface area (Å²) in [6.07, 6.45) is 0. The van der Waals surface area contributed by atoms with Gasteiger partial charge in [0.1, 0.15) is 0 Å². The number of carbonyl (C=O) groups excluding carboxylic acids is 1. The third-order valence-corrected chi connectivity index (χ3v) is 2.00. The Morgan fingerprint density at radius 2 is 2.32 bits per heavy atom. The van der Waals surface area contributed by atoms with Crippen LogP contribution in [0.25, 0.3) is 10.4 Å². The number of nitrogens with zero attached hydrogens (tertiary/aromatic N) is 4. The lowest BCUT2D eigenvalue weighted by atomic mass is 10.1. The third kappa shape index (κ3) is 4.03. The van der Waals surface area contributed by atoms with Crippen molar-refractivity contribution in [2.45, 2.75) is 0 Å². The average Bonchev–Trinajstić information content (AvgIpc) is 2.42. The van der Waals surface area contributed by atoms with Gasteiger partial charge >= 0.3 is 5.97 Å². The summed E-state index contributed by atoms with van der Waals surface area (Å²) in [7, 11) is 1.17. The number of hydrogen-bond donors (Lipinski definition) is 0. The fourth-order valence-electron chi connectivity index (χ4n) is 1.23. The molecule has 1 aromatic carbocycles. The molecular formula is C11H8N4O4. The van der Waals surface area contributed by atoms with E-state index in [0.29, 0.717) is 0 Å². The molecule has 8 heteroatoms. The summed E-state index contributed by atoms with van der Waals surface area (Å²) in [6, 6.07) is 3.68. The summed E-state index contributed by atoms with van der Waals surface area (Å²) in [5, 5.41) is 13.9. The smallest absolute Gasteiger partial charge is 0.338 e. The van der Waals surface area contributed by atoms with Crippen LogP contribution in [0.2, 0.25) is 0 Å². The second kappa shape index (κ2) is 6.64. The third-order valence-electron chi connectivity index (χ3n) is 2.00. The first-order valence-electron chi connectivity index (χ1n) is 4.96. The maximum Gasteiger partial charge on any atom is 0.338 e. The Balaban J connectivity index is 3.18.